The summed E-state index contributed by atoms with van der Waals surface area (Å²) in [6.45, 7) is -1.59. The molecule has 0 amide bonds. The zero-order valence-corrected chi connectivity index (χ0v) is 25.6. The lowest BCUT2D eigenvalue weighted by Crippen LogP contribution is -2.36. The first-order chi connectivity index (χ1) is 21.3. The van der Waals surface area contributed by atoms with Gasteiger partial charge in [0.2, 0.25) is 0 Å². The Morgan fingerprint density at radius 1 is 0.844 bits per heavy atom. The Morgan fingerprint density at radius 2 is 1.49 bits per heavy atom. The number of nitrogens with one attached hydrogen (secondary N) is 1. The average molecular weight is 711 g/mol. The first-order valence-electron chi connectivity index (χ1n) is 13.0. The molecule has 4 aromatic rings. The minimum Gasteiger partial charge on any atom is -0.387 e. The molecule has 45 heavy (non-hydrogen) atoms. The summed E-state index contributed by atoms with van der Waals surface area (Å²) in [5.41, 5.74) is 0.0644. The number of phosphoric acid groups is 2. The Kier molecular flexibility index (Phi) is 7.95. The highest BCUT2D eigenvalue weighted by Gasteiger charge is 2.53. The highest BCUT2D eigenvalue weighted by Crippen LogP contribution is 2.53. The van der Waals surface area contributed by atoms with Crippen molar-refractivity contribution in [2.45, 2.75) is 49.1 Å². The largest absolute Gasteiger partial charge is 0.472 e. The molecule has 3 aromatic heterocycles. The third-order valence-electron chi connectivity index (χ3n) is 7.47. The molecule has 5 N–H and O–H groups in total. The van der Waals surface area contributed by atoms with Crippen molar-refractivity contribution in [2.75, 3.05) is 13.2 Å². The van der Waals surface area contributed by atoms with Gasteiger partial charge < -0.3 is 39.0 Å². The van der Waals surface area contributed by atoms with E-state index in [1.807, 2.05) is 0 Å². The predicted octanol–water partition coefficient (Wildman–Crippen LogP) is 1.01. The molecular formula is C22H22Cl2N6O13P2. The molecule has 2 bridgehead atoms. The molecule has 3 aliphatic heterocycles. The third kappa shape index (κ3) is 5.66. The Morgan fingerprint density at radius 3 is 2.24 bits per heavy atom. The highest BCUT2D eigenvalue weighted by atomic mass is 35.5. The zero-order valence-electron chi connectivity index (χ0n) is 22.3. The summed E-state index contributed by atoms with van der Waals surface area (Å²) in [4.78, 5) is 48.0. The summed E-state index contributed by atoms with van der Waals surface area (Å²) in [6.07, 6.45) is -8.81. The zero-order chi connectivity index (χ0) is 31.8. The monoisotopic (exact) mass is 710 g/mol. The molecule has 0 aliphatic carbocycles. The van der Waals surface area contributed by atoms with Crippen LogP contribution in [-0.4, -0.2) is 98.9 Å². The summed E-state index contributed by atoms with van der Waals surface area (Å²) in [5, 5.41) is 22.5. The first-order valence-corrected chi connectivity index (χ1v) is 16.8. The highest BCUT2D eigenvalue weighted by molar-refractivity contribution is 7.47. The van der Waals surface area contributed by atoms with Crippen molar-refractivity contribution in [3.63, 3.8) is 0 Å². The van der Waals surface area contributed by atoms with Gasteiger partial charge in [0.05, 0.1) is 53.3 Å². The van der Waals surface area contributed by atoms with Gasteiger partial charge in [0.1, 0.15) is 36.6 Å². The summed E-state index contributed by atoms with van der Waals surface area (Å²) in [7, 11) is -10.1. The number of rotatable bonds is 2. The van der Waals surface area contributed by atoms with Crippen molar-refractivity contribution in [3.05, 3.63) is 51.5 Å². The van der Waals surface area contributed by atoms with Crippen LogP contribution in [0, 0.1) is 0 Å². The number of aromatic nitrogens is 6. The number of aromatic amines is 1. The third-order valence-corrected chi connectivity index (χ3v) is 10.2. The van der Waals surface area contributed by atoms with Crippen molar-refractivity contribution in [1.29, 1.82) is 0 Å². The van der Waals surface area contributed by atoms with Gasteiger partial charge in [-0.25, -0.2) is 24.1 Å². The Labute approximate surface area is 260 Å². The van der Waals surface area contributed by atoms with Crippen molar-refractivity contribution in [2.24, 2.45) is 0 Å². The summed E-state index contributed by atoms with van der Waals surface area (Å²) in [5.74, 6) is 0. The van der Waals surface area contributed by atoms with Crippen molar-refractivity contribution >= 4 is 61.0 Å². The number of nitrogens with zero attached hydrogens (tertiary/aromatic N) is 5. The second-order valence-electron chi connectivity index (χ2n) is 10.2. The maximum atomic E-state index is 13.2. The van der Waals surface area contributed by atoms with E-state index in [4.69, 9.17) is 50.8 Å². The summed E-state index contributed by atoms with van der Waals surface area (Å²) >= 11 is 12.3. The van der Waals surface area contributed by atoms with E-state index < -0.39 is 83.5 Å². The van der Waals surface area contributed by atoms with Crippen LogP contribution in [0.2, 0.25) is 10.0 Å². The number of aliphatic hydroxyl groups is 2. The van der Waals surface area contributed by atoms with Crippen LogP contribution in [0.15, 0.2) is 35.9 Å². The summed E-state index contributed by atoms with van der Waals surface area (Å²) < 4.78 is 61.4. The van der Waals surface area contributed by atoms with Gasteiger partial charge in [0, 0.05) is 0 Å². The molecule has 23 heteroatoms. The average Bonchev–Trinajstić information content (AvgIpc) is 3.73. The van der Waals surface area contributed by atoms with E-state index in [0.717, 1.165) is 12.7 Å². The quantitative estimate of drug-likeness (QED) is 0.182. The second kappa shape index (κ2) is 11.4. The van der Waals surface area contributed by atoms with Gasteiger partial charge in [0.15, 0.2) is 23.6 Å². The van der Waals surface area contributed by atoms with Gasteiger partial charge in [-0.1, -0.05) is 23.2 Å². The fraction of sp³-hybridized carbons (Fsp3) is 0.455. The minimum atomic E-state index is -5.07. The molecule has 242 valence electrons. The number of ether oxygens (including phenoxy) is 2. The van der Waals surface area contributed by atoms with Gasteiger partial charge in [-0.05, 0) is 12.1 Å². The molecule has 0 spiro atoms. The molecule has 4 unspecified atom stereocenters. The van der Waals surface area contributed by atoms with E-state index in [1.54, 1.807) is 0 Å². The standard InChI is InChI=1S/C22H22Cl2N6O13P2/c23-8-1-10-11(2-9(8)24)29(6-27-10)22-18-15(31)12(40-22)3-38-44(34,35)42-17-13(4-39-45(36,37)43-18)41-21(16(17)32)30-7-28-14-19(30)25-5-26-20(14)33/h1-2,5-7,12-13,15-18,21-22,31-32H,3-4H2,(H,34,35)(H,36,37)(H,25,26,33)/t12-,13-,15+,16+,17?,18?,21-,22-/m1/s1. The molecular weight excluding hydrogens is 689 g/mol. The smallest absolute Gasteiger partial charge is 0.387 e. The van der Waals surface area contributed by atoms with Crippen LogP contribution in [0.4, 0.5) is 0 Å². The number of phosphoric ester groups is 2. The van der Waals surface area contributed by atoms with Crippen LogP contribution in [0.25, 0.3) is 22.2 Å². The molecule has 19 nitrogen and oxygen atoms in total. The lowest BCUT2D eigenvalue weighted by molar-refractivity contribution is -0.0671. The van der Waals surface area contributed by atoms with E-state index in [-0.39, 0.29) is 21.2 Å². The SMILES string of the molecule is O=c1[nH]cnc2c1ncn2[C@@H]1O[C@@H]2COP(=O)(O)OC3[C@@H](O)[C@@H](COP(=O)(O)OC2[C@@H]1O)O[C@H]3n1cnc2cc(Cl)c(Cl)cc21. The van der Waals surface area contributed by atoms with E-state index in [9.17, 15) is 33.9 Å². The van der Waals surface area contributed by atoms with Gasteiger partial charge >= 0.3 is 15.6 Å². The van der Waals surface area contributed by atoms with Crippen molar-refractivity contribution in [3.8, 4) is 0 Å². The van der Waals surface area contributed by atoms with Gasteiger partial charge in [0.25, 0.3) is 5.56 Å². The second-order valence-corrected chi connectivity index (χ2v) is 13.9. The van der Waals surface area contributed by atoms with Crippen LogP contribution < -0.4 is 5.56 Å². The molecule has 0 saturated carbocycles. The Hall–Kier alpha value is -2.32. The summed E-state index contributed by atoms with van der Waals surface area (Å²) in [6, 6.07) is 2.93. The Bertz CT molecular complexity index is 1940. The number of hydrogen-bond acceptors (Lipinski definition) is 14. The molecule has 3 saturated heterocycles. The number of benzene rings is 1. The predicted molar refractivity (Wildman–Crippen MR) is 149 cm³/mol. The lowest BCUT2D eigenvalue weighted by atomic mass is 10.1. The topological polar surface area (TPSA) is 252 Å². The lowest BCUT2D eigenvalue weighted by Gasteiger charge is -2.26. The van der Waals surface area contributed by atoms with Crippen molar-refractivity contribution < 1.29 is 56.7 Å². The van der Waals surface area contributed by atoms with E-state index >= 15 is 0 Å². The molecule has 0 radical (unpaired) electrons. The van der Waals surface area contributed by atoms with Crippen LogP contribution in [0.1, 0.15) is 12.5 Å². The molecule has 1 aromatic carbocycles. The number of aliphatic hydroxyl groups excluding tert-OH is 2. The van der Waals surface area contributed by atoms with Crippen LogP contribution in [0.3, 0.4) is 0 Å². The maximum Gasteiger partial charge on any atom is 0.472 e. The van der Waals surface area contributed by atoms with Gasteiger partial charge in [-0.3, -0.25) is 27.5 Å². The minimum absolute atomic E-state index is 0.00135. The van der Waals surface area contributed by atoms with E-state index in [2.05, 4.69) is 19.9 Å². The number of fused-ring (bicyclic) bond motifs is 5. The molecule has 3 fully saturated rings. The van der Waals surface area contributed by atoms with Gasteiger partial charge in [-0.15, -0.1) is 0 Å². The number of hydrogen-bond donors (Lipinski definition) is 5. The van der Waals surface area contributed by atoms with Crippen molar-refractivity contribution in [1.82, 2.24) is 29.1 Å². The van der Waals surface area contributed by atoms with Crippen LogP contribution in [-0.2, 0) is 36.7 Å². The fourth-order valence-corrected chi connectivity index (χ4v) is 7.60. The van der Waals surface area contributed by atoms with E-state index in [1.165, 1.54) is 27.6 Å². The van der Waals surface area contributed by atoms with Gasteiger partial charge in [-0.2, -0.15) is 0 Å². The first kappa shape index (κ1) is 31.3. The molecule has 10 atom stereocenters. The molecule has 7 rings (SSSR count). The maximum absolute atomic E-state index is 13.2. The Balaban J connectivity index is 1.20. The molecule has 3 aliphatic rings. The normalized spacial score (nSPS) is 37.7. The number of halogens is 2. The van der Waals surface area contributed by atoms with E-state index in [0.29, 0.717) is 11.0 Å². The number of imidazole rings is 2. The number of H-pyrrole nitrogens is 1. The fourth-order valence-electron chi connectivity index (χ4n) is 5.39. The molecule has 6 heterocycles. The van der Waals surface area contributed by atoms with Crippen LogP contribution >= 0.6 is 38.8 Å². The van der Waals surface area contributed by atoms with Crippen LogP contribution in [0.5, 0.6) is 0 Å².